The molecule has 0 aliphatic carbocycles. The van der Waals surface area contributed by atoms with Crippen LogP contribution in [0.3, 0.4) is 0 Å². The Morgan fingerprint density at radius 1 is 1.31 bits per heavy atom. The molecule has 2 aromatic rings. The van der Waals surface area contributed by atoms with Crippen molar-refractivity contribution in [3.63, 3.8) is 0 Å². The molecule has 0 bridgehead atoms. The topological polar surface area (TPSA) is 113 Å². The van der Waals surface area contributed by atoms with Crippen molar-refractivity contribution in [1.29, 1.82) is 0 Å². The van der Waals surface area contributed by atoms with Gasteiger partial charge >= 0.3 is 5.97 Å². The second kappa shape index (κ2) is 8.48. The Kier molecular flexibility index (Phi) is 6.35. The molecule has 0 spiro atoms. The van der Waals surface area contributed by atoms with Crippen LogP contribution in [0.15, 0.2) is 34.9 Å². The normalized spacial score (nSPS) is 11.7. The summed E-state index contributed by atoms with van der Waals surface area (Å²) in [5, 5.41) is 16.1. The number of amides is 2. The van der Waals surface area contributed by atoms with Crippen LogP contribution >= 0.6 is 11.6 Å². The molecule has 9 heteroatoms. The van der Waals surface area contributed by atoms with Gasteiger partial charge in [0.15, 0.2) is 11.5 Å². The molecule has 0 saturated heterocycles. The lowest BCUT2D eigenvalue weighted by Crippen LogP contribution is -2.46. The zero-order valence-electron chi connectivity index (χ0n) is 14.2. The lowest BCUT2D eigenvalue weighted by Gasteiger charge is -2.25. The average molecular weight is 380 g/mol. The molecule has 2 N–H and O–H groups in total. The lowest BCUT2D eigenvalue weighted by atomic mass is 10.1. The molecule has 1 aromatic heterocycles. The van der Waals surface area contributed by atoms with Gasteiger partial charge in [0.1, 0.15) is 6.04 Å². The van der Waals surface area contributed by atoms with Crippen molar-refractivity contribution >= 4 is 29.4 Å². The highest BCUT2D eigenvalue weighted by atomic mass is 35.5. The second-order valence-corrected chi connectivity index (χ2v) is 6.02. The molecule has 0 radical (unpaired) electrons. The van der Waals surface area contributed by atoms with E-state index in [1.807, 2.05) is 0 Å². The maximum Gasteiger partial charge on any atom is 0.326 e. The van der Waals surface area contributed by atoms with Crippen molar-refractivity contribution in [2.24, 2.45) is 0 Å². The molecule has 2 amide bonds. The van der Waals surface area contributed by atoms with Crippen molar-refractivity contribution in [2.45, 2.75) is 19.9 Å². The molecule has 1 unspecified atom stereocenters. The first-order valence-electron chi connectivity index (χ1n) is 7.80. The average Bonchev–Trinajstić information content (AvgIpc) is 3.08. The predicted molar refractivity (Wildman–Crippen MR) is 93.8 cm³/mol. The molecule has 26 heavy (non-hydrogen) atoms. The maximum atomic E-state index is 12.7. The van der Waals surface area contributed by atoms with Gasteiger partial charge in [-0.2, -0.15) is 0 Å². The molecule has 1 atom stereocenters. The molecule has 0 saturated carbocycles. The number of hydrogen-bond acceptors (Lipinski definition) is 5. The van der Waals surface area contributed by atoms with E-state index in [2.05, 4.69) is 10.5 Å². The Labute approximate surface area is 154 Å². The summed E-state index contributed by atoms with van der Waals surface area (Å²) in [4.78, 5) is 36.1. The highest BCUT2D eigenvalue weighted by Crippen LogP contribution is 2.23. The lowest BCUT2D eigenvalue weighted by molar-refractivity contribution is -0.141. The quantitative estimate of drug-likeness (QED) is 0.761. The number of rotatable bonds is 7. The van der Waals surface area contributed by atoms with Crippen LogP contribution in [0.5, 0.6) is 0 Å². The van der Waals surface area contributed by atoms with E-state index in [0.717, 1.165) is 4.90 Å². The first-order valence-corrected chi connectivity index (χ1v) is 8.18. The number of nitrogens with one attached hydrogen (secondary N) is 1. The van der Waals surface area contributed by atoms with Gasteiger partial charge in [-0.15, -0.1) is 0 Å². The zero-order chi connectivity index (χ0) is 19.3. The third-order valence-corrected chi connectivity index (χ3v) is 3.92. The van der Waals surface area contributed by atoms with Crippen LogP contribution in [-0.2, 0) is 9.59 Å². The number of benzene rings is 1. The highest BCUT2D eigenvalue weighted by molar-refractivity contribution is 6.30. The molecule has 0 fully saturated rings. The van der Waals surface area contributed by atoms with Crippen molar-refractivity contribution in [2.75, 3.05) is 13.1 Å². The number of aliphatic carboxylic acids is 1. The monoisotopic (exact) mass is 379 g/mol. The Bertz CT molecular complexity index is 803. The maximum absolute atomic E-state index is 12.7. The van der Waals surface area contributed by atoms with Gasteiger partial charge in [-0.05, 0) is 31.2 Å². The minimum Gasteiger partial charge on any atom is -0.480 e. The van der Waals surface area contributed by atoms with Gasteiger partial charge in [0, 0.05) is 36.7 Å². The van der Waals surface area contributed by atoms with Crippen molar-refractivity contribution in [1.82, 2.24) is 15.4 Å². The third-order valence-electron chi connectivity index (χ3n) is 3.67. The van der Waals surface area contributed by atoms with E-state index < -0.39 is 17.9 Å². The number of carboxylic acid groups (broad SMARTS) is 1. The zero-order valence-corrected chi connectivity index (χ0v) is 15.0. The summed E-state index contributed by atoms with van der Waals surface area (Å²) in [7, 11) is 0. The molecule has 2 rings (SSSR count). The molecule has 0 aliphatic heterocycles. The van der Waals surface area contributed by atoms with Crippen LogP contribution < -0.4 is 5.32 Å². The summed E-state index contributed by atoms with van der Waals surface area (Å²) in [5.41, 5.74) is 0.655. The number of hydrogen-bond donors (Lipinski definition) is 2. The van der Waals surface area contributed by atoms with Crippen molar-refractivity contribution < 1.29 is 24.0 Å². The fraction of sp³-hybridized carbons (Fsp3) is 0.294. The second-order valence-electron chi connectivity index (χ2n) is 5.58. The van der Waals surface area contributed by atoms with Gasteiger partial charge in [0.25, 0.3) is 5.91 Å². The first kappa shape index (κ1) is 19.5. The Morgan fingerprint density at radius 2 is 1.96 bits per heavy atom. The van der Waals surface area contributed by atoms with E-state index in [-0.39, 0.29) is 24.7 Å². The standard InChI is InChI=1S/C17H18ClN3O5/c1-10(17(24)25)21(8-7-19-11(2)22)16(23)14-9-15(26-20-14)12-3-5-13(18)6-4-12/h3-6,9-10H,7-8H2,1-2H3,(H,19,22)(H,24,25). The fourth-order valence-electron chi connectivity index (χ4n) is 2.23. The van der Waals surface area contributed by atoms with E-state index in [0.29, 0.717) is 16.3 Å². The number of carboxylic acids is 1. The minimum atomic E-state index is -1.16. The summed E-state index contributed by atoms with van der Waals surface area (Å²) < 4.78 is 5.19. The Morgan fingerprint density at radius 3 is 2.54 bits per heavy atom. The van der Waals surface area contributed by atoms with Gasteiger partial charge in [-0.3, -0.25) is 9.59 Å². The van der Waals surface area contributed by atoms with Crippen LogP contribution in [0, 0.1) is 0 Å². The fourth-order valence-corrected chi connectivity index (χ4v) is 2.36. The van der Waals surface area contributed by atoms with E-state index in [9.17, 15) is 19.5 Å². The number of aromatic nitrogens is 1. The number of halogens is 1. The molecule has 1 aromatic carbocycles. The van der Waals surface area contributed by atoms with Crippen LogP contribution in [0.1, 0.15) is 24.3 Å². The van der Waals surface area contributed by atoms with Crippen molar-refractivity contribution in [3.8, 4) is 11.3 Å². The smallest absolute Gasteiger partial charge is 0.326 e. The molecular formula is C17H18ClN3O5. The van der Waals surface area contributed by atoms with Crippen LogP contribution in [0.25, 0.3) is 11.3 Å². The molecule has 1 heterocycles. The number of carbonyl (C=O) groups is 3. The van der Waals surface area contributed by atoms with Crippen LogP contribution in [0.4, 0.5) is 0 Å². The van der Waals surface area contributed by atoms with Crippen molar-refractivity contribution in [3.05, 3.63) is 41.0 Å². The third kappa shape index (κ3) is 4.82. The SMILES string of the molecule is CC(=O)NCCN(C(=O)c1cc(-c2ccc(Cl)cc2)on1)C(C)C(=O)O. The summed E-state index contributed by atoms with van der Waals surface area (Å²) in [5.74, 6) is -1.68. The number of carbonyl (C=O) groups excluding carboxylic acids is 2. The Balaban J connectivity index is 2.20. The largest absolute Gasteiger partial charge is 0.480 e. The molecular weight excluding hydrogens is 362 g/mol. The van der Waals surface area contributed by atoms with Gasteiger partial charge in [0.2, 0.25) is 5.91 Å². The summed E-state index contributed by atoms with van der Waals surface area (Å²) in [6.07, 6.45) is 0. The van der Waals surface area contributed by atoms with Crippen LogP contribution in [-0.4, -0.2) is 52.1 Å². The van der Waals surface area contributed by atoms with E-state index in [1.165, 1.54) is 19.9 Å². The predicted octanol–water partition coefficient (Wildman–Crippen LogP) is 2.05. The molecule has 8 nitrogen and oxygen atoms in total. The summed E-state index contributed by atoms with van der Waals surface area (Å²) in [6, 6.07) is 7.12. The van der Waals surface area contributed by atoms with Gasteiger partial charge in [-0.1, -0.05) is 16.8 Å². The first-order chi connectivity index (χ1) is 12.3. The van der Waals surface area contributed by atoms with Gasteiger partial charge in [-0.25, -0.2) is 4.79 Å². The van der Waals surface area contributed by atoms with E-state index in [4.69, 9.17) is 16.1 Å². The number of nitrogens with zero attached hydrogens (tertiary/aromatic N) is 2. The van der Waals surface area contributed by atoms with Gasteiger partial charge in [0.05, 0.1) is 0 Å². The minimum absolute atomic E-state index is 0.0223. The van der Waals surface area contributed by atoms with Crippen LogP contribution in [0.2, 0.25) is 5.02 Å². The Hall–Kier alpha value is -2.87. The van der Waals surface area contributed by atoms with Gasteiger partial charge < -0.3 is 19.8 Å². The summed E-state index contributed by atoms with van der Waals surface area (Å²) in [6.45, 7) is 2.87. The van der Waals surface area contributed by atoms with E-state index in [1.54, 1.807) is 24.3 Å². The molecule has 0 aliphatic rings. The summed E-state index contributed by atoms with van der Waals surface area (Å²) >= 11 is 5.84. The molecule has 138 valence electrons. The van der Waals surface area contributed by atoms with E-state index >= 15 is 0 Å². The highest BCUT2D eigenvalue weighted by Gasteiger charge is 2.28.